The monoisotopic (exact) mass is 294 g/mol. The van der Waals surface area contributed by atoms with Crippen molar-refractivity contribution >= 4 is 11.1 Å². The van der Waals surface area contributed by atoms with Crippen LogP contribution in [0.25, 0.3) is 11.1 Å². The summed E-state index contributed by atoms with van der Waals surface area (Å²) in [5.41, 5.74) is 7.55. The van der Waals surface area contributed by atoms with Crippen LogP contribution in [0.3, 0.4) is 0 Å². The first kappa shape index (κ1) is 14.7. The summed E-state index contributed by atoms with van der Waals surface area (Å²) in [6.07, 6.45) is 4.00. The van der Waals surface area contributed by atoms with Crippen LogP contribution >= 0.6 is 0 Å². The fourth-order valence-electron chi connectivity index (χ4n) is 3.46. The molecule has 3 rings (SSSR count). The van der Waals surface area contributed by atoms with Gasteiger partial charge in [-0.25, -0.2) is 0 Å². The van der Waals surface area contributed by atoms with E-state index in [0.29, 0.717) is 11.5 Å². The van der Waals surface area contributed by atoms with Crippen molar-refractivity contribution in [1.29, 1.82) is 0 Å². The zero-order chi connectivity index (χ0) is 15.7. The molecule has 0 atom stereocenters. The van der Waals surface area contributed by atoms with Gasteiger partial charge in [0.1, 0.15) is 11.5 Å². The number of allylic oxidation sites excluding steroid dienone is 2. The van der Waals surface area contributed by atoms with E-state index in [1.165, 1.54) is 33.4 Å². The number of phenolic OH excluding ortho intramolecular Hbond substituents is 2. The van der Waals surface area contributed by atoms with E-state index in [0.717, 1.165) is 25.7 Å². The molecule has 2 N–H and O–H groups in total. The Morgan fingerprint density at radius 2 is 1.59 bits per heavy atom. The largest absolute Gasteiger partial charge is 0.508 e. The Morgan fingerprint density at radius 3 is 2.32 bits per heavy atom. The van der Waals surface area contributed by atoms with Crippen LogP contribution in [0.1, 0.15) is 48.9 Å². The molecule has 1 aliphatic carbocycles. The molecule has 0 amide bonds. The number of phenols is 2. The molecule has 2 aromatic rings. The second-order valence-electron chi connectivity index (χ2n) is 5.99. The van der Waals surface area contributed by atoms with Gasteiger partial charge in [-0.2, -0.15) is 0 Å². The Bertz CT molecular complexity index is 741. The first-order chi connectivity index (χ1) is 10.6. The Balaban J connectivity index is 2.17. The standard InChI is InChI=1S/C20H22O2/c1-3-14-11-16(21)8-10-20(14)19-6-4-5-15-12-17(22)7-9-18(15)13(19)2/h7-12,21-22H,3-6H2,1-2H3. The SMILES string of the molecule is CCc1cc(O)ccc1C1=C(C)c2ccc(O)cc2CCC1. The van der Waals surface area contributed by atoms with Crippen LogP contribution in [0.2, 0.25) is 0 Å². The first-order valence-electron chi connectivity index (χ1n) is 7.94. The third kappa shape index (κ3) is 2.61. The molecule has 0 fully saturated rings. The van der Waals surface area contributed by atoms with E-state index in [1.807, 2.05) is 24.3 Å². The van der Waals surface area contributed by atoms with E-state index in [9.17, 15) is 10.2 Å². The number of hydrogen-bond donors (Lipinski definition) is 2. The van der Waals surface area contributed by atoms with E-state index >= 15 is 0 Å². The number of benzene rings is 2. The average Bonchev–Trinajstić information content (AvgIpc) is 2.66. The van der Waals surface area contributed by atoms with E-state index in [4.69, 9.17) is 0 Å². The number of aryl methyl sites for hydroxylation is 2. The van der Waals surface area contributed by atoms with Crippen LogP contribution in [-0.2, 0) is 12.8 Å². The third-order valence-electron chi connectivity index (χ3n) is 4.61. The molecule has 0 aliphatic heterocycles. The number of aromatic hydroxyl groups is 2. The Hall–Kier alpha value is -2.22. The summed E-state index contributed by atoms with van der Waals surface area (Å²) in [6, 6.07) is 11.4. The lowest BCUT2D eigenvalue weighted by Gasteiger charge is -2.15. The van der Waals surface area contributed by atoms with Crippen LogP contribution in [0, 0.1) is 0 Å². The quantitative estimate of drug-likeness (QED) is 0.824. The van der Waals surface area contributed by atoms with E-state index in [1.54, 1.807) is 12.1 Å². The van der Waals surface area contributed by atoms with Gasteiger partial charge in [0, 0.05) is 0 Å². The van der Waals surface area contributed by atoms with Crippen LogP contribution < -0.4 is 0 Å². The number of hydrogen-bond acceptors (Lipinski definition) is 2. The van der Waals surface area contributed by atoms with Crippen LogP contribution in [0.15, 0.2) is 36.4 Å². The van der Waals surface area contributed by atoms with Crippen molar-refractivity contribution in [2.24, 2.45) is 0 Å². The van der Waals surface area contributed by atoms with Crippen molar-refractivity contribution in [1.82, 2.24) is 0 Å². The van der Waals surface area contributed by atoms with Gasteiger partial charge >= 0.3 is 0 Å². The molecule has 2 nitrogen and oxygen atoms in total. The molecular formula is C20H22O2. The maximum absolute atomic E-state index is 9.73. The van der Waals surface area contributed by atoms with Crippen molar-refractivity contribution in [2.45, 2.75) is 39.5 Å². The van der Waals surface area contributed by atoms with E-state index in [2.05, 4.69) is 13.8 Å². The van der Waals surface area contributed by atoms with Gasteiger partial charge in [0.15, 0.2) is 0 Å². The molecule has 0 saturated carbocycles. The highest BCUT2D eigenvalue weighted by Gasteiger charge is 2.17. The van der Waals surface area contributed by atoms with Gasteiger partial charge in [-0.1, -0.05) is 19.1 Å². The number of fused-ring (bicyclic) bond motifs is 1. The van der Waals surface area contributed by atoms with Crippen molar-refractivity contribution in [2.75, 3.05) is 0 Å². The van der Waals surface area contributed by atoms with Gasteiger partial charge in [0.2, 0.25) is 0 Å². The second kappa shape index (κ2) is 5.88. The highest BCUT2D eigenvalue weighted by molar-refractivity contribution is 5.92. The summed E-state index contributed by atoms with van der Waals surface area (Å²) < 4.78 is 0. The molecule has 0 bridgehead atoms. The molecule has 2 heteroatoms. The van der Waals surface area contributed by atoms with Crippen LogP contribution in [0.4, 0.5) is 0 Å². The maximum atomic E-state index is 9.73. The first-order valence-corrected chi connectivity index (χ1v) is 7.94. The van der Waals surface area contributed by atoms with Gasteiger partial charge < -0.3 is 10.2 Å². The topological polar surface area (TPSA) is 40.5 Å². The van der Waals surface area contributed by atoms with Crippen molar-refractivity contribution < 1.29 is 10.2 Å². The van der Waals surface area contributed by atoms with E-state index < -0.39 is 0 Å². The molecule has 0 spiro atoms. The van der Waals surface area contributed by atoms with Gasteiger partial charge in [0.05, 0.1) is 0 Å². The third-order valence-corrected chi connectivity index (χ3v) is 4.61. The lowest BCUT2D eigenvalue weighted by atomic mass is 9.90. The fourth-order valence-corrected chi connectivity index (χ4v) is 3.46. The minimum absolute atomic E-state index is 0.331. The average molecular weight is 294 g/mol. The van der Waals surface area contributed by atoms with Crippen LogP contribution in [0.5, 0.6) is 11.5 Å². The summed E-state index contributed by atoms with van der Waals surface area (Å²) >= 11 is 0. The summed E-state index contributed by atoms with van der Waals surface area (Å²) in [7, 11) is 0. The zero-order valence-corrected chi connectivity index (χ0v) is 13.2. The van der Waals surface area contributed by atoms with Gasteiger partial charge in [-0.3, -0.25) is 0 Å². The maximum Gasteiger partial charge on any atom is 0.115 e. The Morgan fingerprint density at radius 1 is 0.909 bits per heavy atom. The predicted molar refractivity (Wildman–Crippen MR) is 91.0 cm³/mol. The minimum Gasteiger partial charge on any atom is -0.508 e. The Kier molecular flexibility index (Phi) is 3.93. The molecule has 114 valence electrons. The highest BCUT2D eigenvalue weighted by Crippen LogP contribution is 2.38. The summed E-state index contributed by atoms with van der Waals surface area (Å²) in [6.45, 7) is 4.29. The fraction of sp³-hybridized carbons (Fsp3) is 0.300. The molecular weight excluding hydrogens is 272 g/mol. The molecule has 1 aliphatic rings. The summed E-state index contributed by atoms with van der Waals surface area (Å²) in [5.74, 6) is 0.673. The molecule has 0 aromatic heterocycles. The lowest BCUT2D eigenvalue weighted by Crippen LogP contribution is -1.95. The highest BCUT2D eigenvalue weighted by atomic mass is 16.3. The van der Waals surface area contributed by atoms with Gasteiger partial charge in [-0.15, -0.1) is 0 Å². The van der Waals surface area contributed by atoms with Crippen molar-refractivity contribution in [3.63, 3.8) is 0 Å². The second-order valence-corrected chi connectivity index (χ2v) is 5.99. The summed E-state index contributed by atoms with van der Waals surface area (Å²) in [4.78, 5) is 0. The molecule has 0 radical (unpaired) electrons. The molecule has 22 heavy (non-hydrogen) atoms. The van der Waals surface area contributed by atoms with E-state index in [-0.39, 0.29) is 0 Å². The zero-order valence-electron chi connectivity index (χ0n) is 13.2. The predicted octanol–water partition coefficient (Wildman–Crippen LogP) is 4.93. The molecule has 0 heterocycles. The molecule has 0 saturated heterocycles. The van der Waals surface area contributed by atoms with Crippen molar-refractivity contribution in [3.05, 3.63) is 58.7 Å². The smallest absolute Gasteiger partial charge is 0.115 e. The number of rotatable bonds is 2. The lowest BCUT2D eigenvalue weighted by molar-refractivity contribution is 0.474. The normalized spacial score (nSPS) is 14.6. The van der Waals surface area contributed by atoms with Crippen molar-refractivity contribution in [3.8, 4) is 11.5 Å². The summed E-state index contributed by atoms with van der Waals surface area (Å²) in [5, 5.41) is 19.5. The van der Waals surface area contributed by atoms with Gasteiger partial charge in [-0.05, 0) is 90.3 Å². The molecule has 2 aromatic carbocycles. The minimum atomic E-state index is 0.331. The molecule has 0 unspecified atom stereocenters. The van der Waals surface area contributed by atoms with Gasteiger partial charge in [0.25, 0.3) is 0 Å². The van der Waals surface area contributed by atoms with Crippen LogP contribution in [-0.4, -0.2) is 10.2 Å². The Labute approximate surface area is 131 Å².